The molecule has 0 heterocycles. The van der Waals surface area contributed by atoms with Crippen molar-refractivity contribution in [1.29, 1.82) is 0 Å². The molecule has 0 aliphatic rings. The highest BCUT2D eigenvalue weighted by molar-refractivity contribution is 5.92. The van der Waals surface area contributed by atoms with Crippen LogP contribution in [0, 0.1) is 11.6 Å². The standard InChI is InChI=1S/C14H16F2N2O4/c1-3-17-13(20)8(2)18-11(19)7-22-14(21)12-9(15)5-4-6-10(12)16/h4-6,8H,3,7H2,1-2H3,(H,17,20)(H,18,19)/t8-/m1/s1. The fourth-order valence-corrected chi connectivity index (χ4v) is 1.57. The van der Waals surface area contributed by atoms with E-state index in [0.29, 0.717) is 6.54 Å². The Bertz CT molecular complexity index is 558. The molecule has 2 N–H and O–H groups in total. The summed E-state index contributed by atoms with van der Waals surface area (Å²) in [6.45, 7) is 2.81. The van der Waals surface area contributed by atoms with Crippen LogP contribution in [0.4, 0.5) is 8.78 Å². The summed E-state index contributed by atoms with van der Waals surface area (Å²) in [6.07, 6.45) is 0. The number of hydrogen-bond acceptors (Lipinski definition) is 4. The lowest BCUT2D eigenvalue weighted by Crippen LogP contribution is -2.46. The molecule has 0 spiro atoms. The number of likely N-dealkylation sites (N-methyl/N-ethyl adjacent to an activating group) is 1. The molecule has 0 fully saturated rings. The fraction of sp³-hybridized carbons (Fsp3) is 0.357. The maximum atomic E-state index is 13.3. The third kappa shape index (κ3) is 4.80. The van der Waals surface area contributed by atoms with E-state index < -0.39 is 47.6 Å². The van der Waals surface area contributed by atoms with Crippen molar-refractivity contribution in [1.82, 2.24) is 10.6 Å². The summed E-state index contributed by atoms with van der Waals surface area (Å²) in [4.78, 5) is 34.5. The zero-order valence-electron chi connectivity index (χ0n) is 12.1. The van der Waals surface area contributed by atoms with Gasteiger partial charge in [0.1, 0.15) is 23.2 Å². The van der Waals surface area contributed by atoms with Crippen molar-refractivity contribution in [2.24, 2.45) is 0 Å². The number of esters is 1. The van der Waals surface area contributed by atoms with Crippen molar-refractivity contribution < 1.29 is 27.9 Å². The first-order chi connectivity index (χ1) is 10.4. The van der Waals surface area contributed by atoms with Crippen LogP contribution >= 0.6 is 0 Å². The van der Waals surface area contributed by atoms with E-state index in [0.717, 1.165) is 18.2 Å². The van der Waals surface area contributed by atoms with E-state index in [1.807, 2.05) is 0 Å². The smallest absolute Gasteiger partial charge is 0.344 e. The zero-order valence-corrected chi connectivity index (χ0v) is 12.1. The maximum absolute atomic E-state index is 13.3. The van der Waals surface area contributed by atoms with Crippen LogP contribution in [0.25, 0.3) is 0 Å². The van der Waals surface area contributed by atoms with E-state index in [2.05, 4.69) is 15.4 Å². The molecule has 6 nitrogen and oxygen atoms in total. The molecule has 8 heteroatoms. The highest BCUT2D eigenvalue weighted by atomic mass is 19.1. The van der Waals surface area contributed by atoms with Crippen LogP contribution in [-0.2, 0) is 14.3 Å². The maximum Gasteiger partial charge on any atom is 0.344 e. The van der Waals surface area contributed by atoms with Crippen LogP contribution in [0.15, 0.2) is 18.2 Å². The van der Waals surface area contributed by atoms with Crippen LogP contribution in [0.2, 0.25) is 0 Å². The van der Waals surface area contributed by atoms with Gasteiger partial charge in [-0.1, -0.05) is 6.07 Å². The minimum Gasteiger partial charge on any atom is -0.452 e. The number of rotatable bonds is 6. The third-order valence-corrected chi connectivity index (χ3v) is 2.62. The van der Waals surface area contributed by atoms with Gasteiger partial charge in [0.15, 0.2) is 6.61 Å². The normalized spacial score (nSPS) is 11.5. The fourth-order valence-electron chi connectivity index (χ4n) is 1.57. The van der Waals surface area contributed by atoms with Gasteiger partial charge in [-0.2, -0.15) is 0 Å². The van der Waals surface area contributed by atoms with Crippen LogP contribution in [0.3, 0.4) is 0 Å². The summed E-state index contributed by atoms with van der Waals surface area (Å²) in [5, 5.41) is 4.78. The molecule has 1 aromatic rings. The second-order valence-corrected chi connectivity index (χ2v) is 4.36. The van der Waals surface area contributed by atoms with Gasteiger partial charge in [0.25, 0.3) is 5.91 Å². The molecule has 120 valence electrons. The molecule has 0 saturated heterocycles. The molecular weight excluding hydrogens is 298 g/mol. The van der Waals surface area contributed by atoms with Gasteiger partial charge in [-0.05, 0) is 26.0 Å². The Hall–Kier alpha value is -2.51. The number of carbonyl (C=O) groups is 3. The van der Waals surface area contributed by atoms with Crippen LogP contribution in [-0.4, -0.2) is 37.0 Å². The topological polar surface area (TPSA) is 84.5 Å². The lowest BCUT2D eigenvalue weighted by molar-refractivity contribution is -0.130. The molecule has 0 unspecified atom stereocenters. The number of amides is 2. The predicted molar refractivity (Wildman–Crippen MR) is 72.9 cm³/mol. The van der Waals surface area contributed by atoms with E-state index in [4.69, 9.17) is 0 Å². The number of ether oxygens (including phenoxy) is 1. The first kappa shape index (κ1) is 17.5. The van der Waals surface area contributed by atoms with Crippen molar-refractivity contribution >= 4 is 17.8 Å². The average molecular weight is 314 g/mol. The van der Waals surface area contributed by atoms with E-state index in [-0.39, 0.29) is 0 Å². The molecule has 0 bridgehead atoms. The van der Waals surface area contributed by atoms with Gasteiger partial charge in [0.05, 0.1) is 0 Å². The lowest BCUT2D eigenvalue weighted by Gasteiger charge is -2.13. The number of hydrogen-bond donors (Lipinski definition) is 2. The van der Waals surface area contributed by atoms with Crippen molar-refractivity contribution in [3.8, 4) is 0 Å². The Kier molecular flexibility index (Phi) is 6.43. The van der Waals surface area contributed by atoms with E-state index >= 15 is 0 Å². The lowest BCUT2D eigenvalue weighted by atomic mass is 10.2. The Balaban J connectivity index is 2.54. The van der Waals surface area contributed by atoms with Gasteiger partial charge in [-0.25, -0.2) is 13.6 Å². The Morgan fingerprint density at radius 2 is 1.82 bits per heavy atom. The molecule has 0 aliphatic heterocycles. The molecule has 2 amide bonds. The second kappa shape index (κ2) is 8.06. The molecule has 1 rings (SSSR count). The van der Waals surface area contributed by atoms with Crippen LogP contribution < -0.4 is 10.6 Å². The van der Waals surface area contributed by atoms with Crippen LogP contribution in [0.1, 0.15) is 24.2 Å². The Morgan fingerprint density at radius 3 is 2.36 bits per heavy atom. The number of benzene rings is 1. The monoisotopic (exact) mass is 314 g/mol. The highest BCUT2D eigenvalue weighted by Gasteiger charge is 2.20. The molecule has 1 aromatic carbocycles. The van der Waals surface area contributed by atoms with Gasteiger partial charge >= 0.3 is 5.97 Å². The molecular formula is C14H16F2N2O4. The molecule has 0 radical (unpaired) electrons. The van der Waals surface area contributed by atoms with Gasteiger partial charge in [-0.3, -0.25) is 9.59 Å². The first-order valence-electron chi connectivity index (χ1n) is 6.55. The Morgan fingerprint density at radius 1 is 1.23 bits per heavy atom. The minimum absolute atomic E-state index is 0.401. The minimum atomic E-state index is -1.29. The van der Waals surface area contributed by atoms with E-state index in [9.17, 15) is 23.2 Å². The number of carbonyl (C=O) groups excluding carboxylic acids is 3. The largest absolute Gasteiger partial charge is 0.452 e. The van der Waals surface area contributed by atoms with Crippen molar-refractivity contribution in [2.45, 2.75) is 19.9 Å². The first-order valence-corrected chi connectivity index (χ1v) is 6.55. The number of halogens is 2. The average Bonchev–Trinajstić information content (AvgIpc) is 2.45. The van der Waals surface area contributed by atoms with Gasteiger partial charge in [0.2, 0.25) is 5.91 Å². The summed E-state index contributed by atoms with van der Waals surface area (Å²) in [5.74, 6) is -4.62. The van der Waals surface area contributed by atoms with Gasteiger partial charge in [-0.15, -0.1) is 0 Å². The van der Waals surface area contributed by atoms with Gasteiger partial charge in [0, 0.05) is 6.54 Å². The Labute approximate surface area is 125 Å². The van der Waals surface area contributed by atoms with Crippen LogP contribution in [0.5, 0.6) is 0 Å². The molecule has 0 aliphatic carbocycles. The summed E-state index contributed by atoms with van der Waals surface area (Å²) in [5.41, 5.74) is -0.868. The summed E-state index contributed by atoms with van der Waals surface area (Å²) >= 11 is 0. The third-order valence-electron chi connectivity index (χ3n) is 2.62. The van der Waals surface area contributed by atoms with Crippen molar-refractivity contribution in [3.63, 3.8) is 0 Å². The molecule has 0 aromatic heterocycles. The molecule has 0 saturated carbocycles. The zero-order chi connectivity index (χ0) is 16.7. The van der Waals surface area contributed by atoms with E-state index in [1.165, 1.54) is 6.92 Å². The van der Waals surface area contributed by atoms with Gasteiger partial charge < -0.3 is 15.4 Å². The number of nitrogens with one attached hydrogen (secondary N) is 2. The van der Waals surface area contributed by atoms with Crippen molar-refractivity contribution in [3.05, 3.63) is 35.4 Å². The summed E-state index contributed by atoms with van der Waals surface area (Å²) in [7, 11) is 0. The predicted octanol–water partition coefficient (Wildman–Crippen LogP) is 0.762. The van der Waals surface area contributed by atoms with Crippen molar-refractivity contribution in [2.75, 3.05) is 13.2 Å². The second-order valence-electron chi connectivity index (χ2n) is 4.36. The quantitative estimate of drug-likeness (QED) is 0.759. The van der Waals surface area contributed by atoms with E-state index in [1.54, 1.807) is 6.92 Å². The summed E-state index contributed by atoms with van der Waals surface area (Å²) in [6, 6.07) is 2.08. The highest BCUT2D eigenvalue weighted by Crippen LogP contribution is 2.13. The molecule has 22 heavy (non-hydrogen) atoms. The summed E-state index contributed by atoms with van der Waals surface area (Å²) < 4.78 is 31.2. The SMILES string of the molecule is CCNC(=O)[C@@H](C)NC(=O)COC(=O)c1c(F)cccc1F. The molecule has 1 atom stereocenters.